The lowest BCUT2D eigenvalue weighted by molar-refractivity contribution is -0.481. The van der Waals surface area contributed by atoms with Gasteiger partial charge in [0.05, 0.1) is 5.54 Å². The van der Waals surface area contributed by atoms with E-state index in [-0.39, 0.29) is 5.48 Å². The highest BCUT2D eigenvalue weighted by molar-refractivity contribution is 4.88. The van der Waals surface area contributed by atoms with Gasteiger partial charge in [-0.25, -0.2) is 0 Å². The molecule has 0 saturated heterocycles. The van der Waals surface area contributed by atoms with E-state index in [0.29, 0.717) is 11.0 Å². The van der Waals surface area contributed by atoms with Crippen molar-refractivity contribution in [2.75, 3.05) is 0 Å². The molecule has 13 heavy (non-hydrogen) atoms. The maximum Gasteiger partial charge on any atom is 0.0917 e. The summed E-state index contributed by atoms with van der Waals surface area (Å²) in [5, 5.41) is 0. The van der Waals surface area contributed by atoms with Gasteiger partial charge in [-0.1, -0.05) is 26.7 Å². The van der Waals surface area contributed by atoms with Gasteiger partial charge in [0.1, 0.15) is 0 Å². The van der Waals surface area contributed by atoms with E-state index < -0.39 is 0 Å². The number of hydrogen-bond acceptors (Lipinski definition) is 1. The summed E-state index contributed by atoms with van der Waals surface area (Å²) in [6, 6.07) is 0. The molecule has 4 N–H and O–H groups in total. The summed E-state index contributed by atoms with van der Waals surface area (Å²) in [4.78, 5) is 0. The second-order valence-corrected chi connectivity index (χ2v) is 5.02. The first-order valence-corrected chi connectivity index (χ1v) is 5.39. The quantitative estimate of drug-likeness (QED) is 0.707. The van der Waals surface area contributed by atoms with Crippen molar-refractivity contribution in [2.24, 2.45) is 5.41 Å². The fraction of sp³-hybridized carbons (Fsp3) is 1.00. The normalized spacial score (nSPS) is 24.9. The fourth-order valence-corrected chi connectivity index (χ4v) is 2.34. The third-order valence-electron chi connectivity index (χ3n) is 4.02. The Morgan fingerprint density at radius 2 is 1.38 bits per heavy atom. The molecule has 2 nitrogen and oxygen atoms in total. The van der Waals surface area contributed by atoms with E-state index in [4.69, 9.17) is 0 Å². The van der Waals surface area contributed by atoms with Crippen LogP contribution in [0, 0.1) is 5.41 Å². The first kappa shape index (κ1) is 12.9. The molecule has 0 atom stereocenters. The van der Waals surface area contributed by atoms with Gasteiger partial charge >= 0.3 is 0 Å². The van der Waals surface area contributed by atoms with Crippen molar-refractivity contribution < 1.29 is 11.2 Å². The van der Waals surface area contributed by atoms with Crippen molar-refractivity contribution in [2.45, 2.75) is 64.8 Å². The maximum absolute atomic E-state index is 4.26. The SMILES string of the molecule is CCC1(CC)CCC(C)([NH3+])CC1.[OH-]. The lowest BCUT2D eigenvalue weighted by Gasteiger charge is -2.40. The standard InChI is InChI=1S/C11H23N.H2O/c1-4-11(5-2)8-6-10(3,12)7-9-11;/h4-9,12H2,1-3H3;1H2. The van der Waals surface area contributed by atoms with E-state index in [1.54, 1.807) is 0 Å². The number of rotatable bonds is 2. The Balaban J connectivity index is 0.00000144. The van der Waals surface area contributed by atoms with E-state index in [0.717, 1.165) is 0 Å². The van der Waals surface area contributed by atoms with Gasteiger partial charge in [-0.05, 0) is 25.2 Å². The summed E-state index contributed by atoms with van der Waals surface area (Å²) < 4.78 is 0. The molecular weight excluding hydrogens is 162 g/mol. The largest absolute Gasteiger partial charge is 0.870 e. The van der Waals surface area contributed by atoms with Crippen LogP contribution in [-0.2, 0) is 0 Å². The molecule has 0 heterocycles. The minimum atomic E-state index is 0. The minimum Gasteiger partial charge on any atom is -0.870 e. The molecule has 0 aliphatic heterocycles. The Hall–Kier alpha value is -0.0800. The first-order chi connectivity index (χ1) is 5.54. The van der Waals surface area contributed by atoms with Crippen molar-refractivity contribution in [3.8, 4) is 0 Å². The third-order valence-corrected chi connectivity index (χ3v) is 4.02. The molecule has 1 saturated carbocycles. The summed E-state index contributed by atoms with van der Waals surface area (Å²) in [7, 11) is 0. The van der Waals surface area contributed by atoms with Gasteiger partial charge in [-0.2, -0.15) is 0 Å². The first-order valence-electron chi connectivity index (χ1n) is 5.39. The second kappa shape index (κ2) is 4.43. The number of quaternary nitrogens is 1. The van der Waals surface area contributed by atoms with Gasteiger partial charge < -0.3 is 11.2 Å². The third kappa shape index (κ3) is 2.96. The van der Waals surface area contributed by atoms with Crippen LogP contribution in [-0.4, -0.2) is 11.0 Å². The molecule has 0 aromatic rings. The lowest BCUT2D eigenvalue weighted by atomic mass is 9.66. The Labute approximate surface area is 82.2 Å². The van der Waals surface area contributed by atoms with Crippen LogP contribution in [0.1, 0.15) is 59.3 Å². The van der Waals surface area contributed by atoms with E-state index in [2.05, 4.69) is 26.5 Å². The number of hydrogen-bond donors (Lipinski definition) is 1. The van der Waals surface area contributed by atoms with Crippen molar-refractivity contribution in [3.05, 3.63) is 0 Å². The van der Waals surface area contributed by atoms with Gasteiger partial charge in [-0.3, -0.25) is 0 Å². The predicted octanol–water partition coefficient (Wildman–Crippen LogP) is 2.19. The monoisotopic (exact) mass is 187 g/mol. The summed E-state index contributed by atoms with van der Waals surface area (Å²) in [6.07, 6.45) is 8.18. The van der Waals surface area contributed by atoms with Crippen LogP contribution in [0.2, 0.25) is 0 Å². The molecule has 2 heteroatoms. The average molecular weight is 187 g/mol. The molecule has 0 amide bonds. The Morgan fingerprint density at radius 3 is 1.69 bits per heavy atom. The zero-order valence-corrected chi connectivity index (χ0v) is 9.40. The van der Waals surface area contributed by atoms with Crippen LogP contribution in [0.5, 0.6) is 0 Å². The Bertz CT molecular complexity index is 138. The summed E-state index contributed by atoms with van der Waals surface area (Å²) in [5.74, 6) is 0. The minimum absolute atomic E-state index is 0. The van der Waals surface area contributed by atoms with Crippen LogP contribution >= 0.6 is 0 Å². The molecule has 1 aliphatic carbocycles. The smallest absolute Gasteiger partial charge is 0.0917 e. The van der Waals surface area contributed by atoms with E-state index in [1.807, 2.05) is 0 Å². The van der Waals surface area contributed by atoms with Crippen molar-refractivity contribution in [3.63, 3.8) is 0 Å². The van der Waals surface area contributed by atoms with Crippen molar-refractivity contribution in [1.82, 2.24) is 0 Å². The van der Waals surface area contributed by atoms with Gasteiger partial charge in [0.25, 0.3) is 0 Å². The molecular formula is C11H25NO. The molecule has 1 aliphatic rings. The van der Waals surface area contributed by atoms with E-state index in [9.17, 15) is 0 Å². The molecule has 0 radical (unpaired) electrons. The summed E-state index contributed by atoms with van der Waals surface area (Å²) in [6.45, 7) is 6.99. The zero-order valence-electron chi connectivity index (χ0n) is 9.40. The summed E-state index contributed by atoms with van der Waals surface area (Å²) in [5.41, 5.74) is 5.32. The van der Waals surface area contributed by atoms with Crippen molar-refractivity contribution >= 4 is 0 Å². The van der Waals surface area contributed by atoms with Crippen LogP contribution in [0.25, 0.3) is 0 Å². The van der Waals surface area contributed by atoms with Crippen LogP contribution < -0.4 is 5.73 Å². The zero-order chi connectivity index (χ0) is 9.24. The second-order valence-electron chi connectivity index (χ2n) is 5.02. The molecule has 1 fully saturated rings. The molecule has 1 rings (SSSR count). The van der Waals surface area contributed by atoms with Gasteiger partial charge in [0.15, 0.2) is 0 Å². The van der Waals surface area contributed by atoms with Gasteiger partial charge in [0.2, 0.25) is 0 Å². The molecule has 80 valence electrons. The molecule has 0 aromatic carbocycles. The highest BCUT2D eigenvalue weighted by atomic mass is 16.0. The Kier molecular flexibility index (Phi) is 4.40. The molecule has 0 unspecified atom stereocenters. The van der Waals surface area contributed by atoms with E-state index in [1.165, 1.54) is 38.5 Å². The molecule has 0 bridgehead atoms. The Morgan fingerprint density at radius 1 is 1.00 bits per heavy atom. The highest BCUT2D eigenvalue weighted by Gasteiger charge is 2.37. The maximum atomic E-state index is 4.26. The van der Waals surface area contributed by atoms with Crippen molar-refractivity contribution in [1.29, 1.82) is 0 Å². The van der Waals surface area contributed by atoms with E-state index >= 15 is 0 Å². The topological polar surface area (TPSA) is 57.6 Å². The van der Waals surface area contributed by atoms with Crippen LogP contribution in [0.3, 0.4) is 0 Å². The highest BCUT2D eigenvalue weighted by Crippen LogP contribution is 2.43. The van der Waals surface area contributed by atoms with Crippen LogP contribution in [0.15, 0.2) is 0 Å². The van der Waals surface area contributed by atoms with Crippen LogP contribution in [0.4, 0.5) is 0 Å². The lowest BCUT2D eigenvalue weighted by Crippen LogP contribution is -2.72. The van der Waals surface area contributed by atoms with Gasteiger partial charge in [-0.15, -0.1) is 0 Å². The molecule has 0 spiro atoms. The fourth-order valence-electron chi connectivity index (χ4n) is 2.34. The van der Waals surface area contributed by atoms with Gasteiger partial charge in [0, 0.05) is 12.8 Å². The summed E-state index contributed by atoms with van der Waals surface area (Å²) >= 11 is 0. The predicted molar refractivity (Wildman–Crippen MR) is 54.7 cm³/mol. The average Bonchev–Trinajstić information content (AvgIpc) is 2.06. The molecule has 0 aromatic heterocycles.